The summed E-state index contributed by atoms with van der Waals surface area (Å²) in [5.74, 6) is 0.0399. The van der Waals surface area contributed by atoms with Gasteiger partial charge in [0.1, 0.15) is 5.75 Å². The van der Waals surface area contributed by atoms with Crippen molar-refractivity contribution >= 4 is 16.7 Å². The van der Waals surface area contributed by atoms with Crippen molar-refractivity contribution in [1.82, 2.24) is 15.5 Å². The number of nitrogens with one attached hydrogen (secondary N) is 2. The molecule has 1 aliphatic heterocycles. The minimum atomic E-state index is -0.121. The van der Waals surface area contributed by atoms with Gasteiger partial charge >= 0.3 is 0 Å². The van der Waals surface area contributed by atoms with Crippen LogP contribution < -0.4 is 10.6 Å². The monoisotopic (exact) mass is 361 g/mol. The molecule has 1 amide bonds. The molecule has 1 aliphatic rings. The van der Waals surface area contributed by atoms with E-state index in [1.165, 1.54) is 28.5 Å². The van der Waals surface area contributed by atoms with E-state index in [2.05, 4.69) is 58.0 Å². The Morgan fingerprint density at radius 3 is 2.67 bits per heavy atom. The first-order chi connectivity index (χ1) is 13.2. The molecule has 4 rings (SSSR count). The second kappa shape index (κ2) is 7.78. The summed E-state index contributed by atoms with van der Waals surface area (Å²) in [5, 5.41) is 18.2. The lowest BCUT2D eigenvalue weighted by Gasteiger charge is -2.15. The van der Waals surface area contributed by atoms with E-state index in [1.807, 2.05) is 0 Å². The Hall–Kier alpha value is -2.89. The smallest absolute Gasteiger partial charge is 0.251 e. The summed E-state index contributed by atoms with van der Waals surface area (Å²) in [6.07, 6.45) is 0. The van der Waals surface area contributed by atoms with Crippen LogP contribution >= 0.6 is 0 Å². The van der Waals surface area contributed by atoms with Gasteiger partial charge in [-0.2, -0.15) is 0 Å². The molecule has 0 bridgehead atoms. The molecule has 1 saturated heterocycles. The molecule has 0 aliphatic carbocycles. The van der Waals surface area contributed by atoms with E-state index in [0.717, 1.165) is 19.8 Å². The minimum Gasteiger partial charge on any atom is -0.508 e. The van der Waals surface area contributed by atoms with E-state index in [4.69, 9.17) is 0 Å². The van der Waals surface area contributed by atoms with Gasteiger partial charge in [-0.05, 0) is 46.7 Å². The molecule has 5 heteroatoms. The Bertz CT molecular complexity index is 940. The molecular weight excluding hydrogens is 338 g/mol. The fourth-order valence-corrected chi connectivity index (χ4v) is 3.48. The van der Waals surface area contributed by atoms with Gasteiger partial charge in [0.25, 0.3) is 5.91 Å². The summed E-state index contributed by atoms with van der Waals surface area (Å²) < 4.78 is 0. The van der Waals surface area contributed by atoms with Crippen molar-refractivity contribution in [1.29, 1.82) is 0 Å². The van der Waals surface area contributed by atoms with Crippen LogP contribution in [0.2, 0.25) is 0 Å². The normalized spacial score (nSPS) is 17.3. The molecule has 1 heterocycles. The number of phenols is 1. The van der Waals surface area contributed by atoms with Crippen molar-refractivity contribution in [2.75, 3.05) is 19.8 Å². The van der Waals surface area contributed by atoms with E-state index >= 15 is 0 Å². The van der Waals surface area contributed by atoms with Gasteiger partial charge in [-0.1, -0.05) is 36.4 Å². The van der Waals surface area contributed by atoms with Crippen molar-refractivity contribution in [3.05, 3.63) is 77.9 Å². The number of hydrogen-bond donors (Lipinski definition) is 3. The number of hydrogen-bond acceptors (Lipinski definition) is 4. The van der Waals surface area contributed by atoms with Crippen LogP contribution in [0.5, 0.6) is 5.75 Å². The third-order valence-corrected chi connectivity index (χ3v) is 4.94. The van der Waals surface area contributed by atoms with E-state index in [-0.39, 0.29) is 17.7 Å². The predicted octanol–water partition coefficient (Wildman–Crippen LogP) is 2.71. The summed E-state index contributed by atoms with van der Waals surface area (Å²) in [4.78, 5) is 14.5. The maximum absolute atomic E-state index is 12.2. The van der Waals surface area contributed by atoms with Gasteiger partial charge < -0.3 is 10.4 Å². The summed E-state index contributed by atoms with van der Waals surface area (Å²) in [5.41, 5.74) is 1.85. The first kappa shape index (κ1) is 17.5. The third-order valence-electron chi connectivity index (χ3n) is 4.94. The molecule has 0 aromatic heterocycles. The van der Waals surface area contributed by atoms with Gasteiger partial charge in [0.15, 0.2) is 0 Å². The van der Waals surface area contributed by atoms with E-state index < -0.39 is 0 Å². The molecule has 0 saturated carbocycles. The highest BCUT2D eigenvalue weighted by Gasteiger charge is 2.22. The number of rotatable bonds is 5. The van der Waals surface area contributed by atoms with Crippen LogP contribution in [0.15, 0.2) is 66.7 Å². The number of aromatic hydroxyl groups is 1. The Morgan fingerprint density at radius 1 is 1.07 bits per heavy atom. The minimum absolute atomic E-state index is 0.121. The van der Waals surface area contributed by atoms with Crippen molar-refractivity contribution in [3.63, 3.8) is 0 Å². The zero-order valence-electron chi connectivity index (χ0n) is 15.1. The highest BCUT2D eigenvalue weighted by molar-refractivity contribution is 5.94. The predicted molar refractivity (Wildman–Crippen MR) is 107 cm³/mol. The highest BCUT2D eigenvalue weighted by Crippen LogP contribution is 2.17. The average molecular weight is 361 g/mol. The summed E-state index contributed by atoms with van der Waals surface area (Å²) in [6, 6.07) is 21.5. The molecule has 27 heavy (non-hydrogen) atoms. The largest absolute Gasteiger partial charge is 0.508 e. The maximum Gasteiger partial charge on any atom is 0.251 e. The number of fused-ring (bicyclic) bond motifs is 1. The van der Waals surface area contributed by atoms with E-state index in [9.17, 15) is 9.90 Å². The Morgan fingerprint density at radius 2 is 1.85 bits per heavy atom. The van der Waals surface area contributed by atoms with Gasteiger partial charge in [-0.15, -0.1) is 0 Å². The quantitative estimate of drug-likeness (QED) is 0.654. The molecule has 138 valence electrons. The zero-order valence-corrected chi connectivity index (χ0v) is 15.1. The Kier molecular flexibility index (Phi) is 5.05. The standard InChI is InChI=1S/C22H23N3O2/c26-21-9-7-18(8-10-21)22(27)23-12-20-14-25(15-24-20)13-16-5-6-17-3-1-2-4-19(17)11-16/h1-11,20,24,26H,12-15H2,(H,23,27). The Balaban J connectivity index is 1.29. The number of carbonyl (C=O) groups is 1. The molecule has 3 N–H and O–H groups in total. The SMILES string of the molecule is O=C(NCC1CN(Cc2ccc3ccccc3c2)CN1)c1ccc(O)cc1. The summed E-state index contributed by atoms with van der Waals surface area (Å²) in [7, 11) is 0. The summed E-state index contributed by atoms with van der Waals surface area (Å²) in [6.45, 7) is 3.17. The number of amides is 1. The second-order valence-corrected chi connectivity index (χ2v) is 7.01. The van der Waals surface area contributed by atoms with Crippen LogP contribution in [0.25, 0.3) is 10.8 Å². The van der Waals surface area contributed by atoms with Crippen molar-refractivity contribution in [2.45, 2.75) is 12.6 Å². The van der Waals surface area contributed by atoms with E-state index in [0.29, 0.717) is 12.1 Å². The lowest BCUT2D eigenvalue weighted by molar-refractivity contribution is 0.0950. The maximum atomic E-state index is 12.2. The van der Waals surface area contributed by atoms with Crippen LogP contribution in [0, 0.1) is 0 Å². The molecule has 1 atom stereocenters. The molecule has 5 nitrogen and oxygen atoms in total. The molecule has 3 aromatic rings. The third kappa shape index (κ3) is 4.27. The van der Waals surface area contributed by atoms with Crippen molar-refractivity contribution in [3.8, 4) is 5.75 Å². The van der Waals surface area contributed by atoms with Crippen LogP contribution in [0.4, 0.5) is 0 Å². The van der Waals surface area contributed by atoms with Gasteiger partial charge in [-0.25, -0.2) is 0 Å². The second-order valence-electron chi connectivity index (χ2n) is 7.01. The molecule has 0 spiro atoms. The fraction of sp³-hybridized carbons (Fsp3) is 0.227. The molecule has 1 fully saturated rings. The van der Waals surface area contributed by atoms with Gasteiger partial charge in [0, 0.05) is 37.9 Å². The lowest BCUT2D eigenvalue weighted by Crippen LogP contribution is -2.38. The highest BCUT2D eigenvalue weighted by atomic mass is 16.3. The zero-order chi connectivity index (χ0) is 18.6. The number of carbonyl (C=O) groups excluding carboxylic acids is 1. The lowest BCUT2D eigenvalue weighted by atomic mass is 10.1. The number of phenolic OH excluding ortho intramolecular Hbond substituents is 1. The van der Waals surface area contributed by atoms with Gasteiger partial charge in [-0.3, -0.25) is 15.0 Å². The molecule has 0 radical (unpaired) electrons. The van der Waals surface area contributed by atoms with Crippen molar-refractivity contribution in [2.24, 2.45) is 0 Å². The van der Waals surface area contributed by atoms with Crippen LogP contribution in [-0.4, -0.2) is 41.7 Å². The fourth-order valence-electron chi connectivity index (χ4n) is 3.48. The molecule has 3 aromatic carbocycles. The summed E-state index contributed by atoms with van der Waals surface area (Å²) >= 11 is 0. The number of nitrogens with zero attached hydrogens (tertiary/aromatic N) is 1. The average Bonchev–Trinajstić information content (AvgIpc) is 3.14. The topological polar surface area (TPSA) is 64.6 Å². The Labute approximate surface area is 158 Å². The first-order valence-electron chi connectivity index (χ1n) is 9.18. The first-order valence-corrected chi connectivity index (χ1v) is 9.18. The van der Waals surface area contributed by atoms with Gasteiger partial charge in [0.2, 0.25) is 0 Å². The van der Waals surface area contributed by atoms with E-state index in [1.54, 1.807) is 12.1 Å². The van der Waals surface area contributed by atoms with Crippen molar-refractivity contribution < 1.29 is 9.90 Å². The molecule has 1 unspecified atom stereocenters. The molecular formula is C22H23N3O2. The number of benzene rings is 3. The van der Waals surface area contributed by atoms with Crippen LogP contribution in [0.3, 0.4) is 0 Å². The van der Waals surface area contributed by atoms with Gasteiger partial charge in [0.05, 0.1) is 0 Å². The van der Waals surface area contributed by atoms with Crippen LogP contribution in [-0.2, 0) is 6.54 Å². The van der Waals surface area contributed by atoms with Crippen LogP contribution in [0.1, 0.15) is 15.9 Å².